The van der Waals surface area contributed by atoms with E-state index < -0.39 is 164 Å². The fourth-order valence-corrected chi connectivity index (χ4v) is 6.11. The molecule has 0 bridgehead atoms. The van der Waals surface area contributed by atoms with Crippen LogP contribution in [0, 0.1) is 0 Å². The molecule has 0 aromatic heterocycles. The lowest BCUT2D eigenvalue weighted by Crippen LogP contribution is -2.58. The average Bonchev–Trinajstić information content (AvgIpc) is 3.65. The number of aliphatic imine (C=N–C) groups is 2. The average molecular weight is 1030 g/mol. The Kier molecular flexibility index (Phi) is 20.5. The predicted octanol–water partition coefficient (Wildman–Crippen LogP) is 4.19. The first kappa shape index (κ1) is 59.8. The number of nitrogens with zero attached hydrogens (tertiary/aromatic N) is 3. The molecule has 28 heteroatoms. The van der Waals surface area contributed by atoms with Gasteiger partial charge in [-0.25, -0.2) is 33.2 Å². The number of amides is 7. The maximum atomic E-state index is 15.5. The number of alkyl carbamates (subject to hydrolysis) is 5. The van der Waals surface area contributed by atoms with Crippen molar-refractivity contribution in [3.05, 3.63) is 12.0 Å². The first-order valence-electron chi connectivity index (χ1n) is 22.8. The molecule has 6 N–H and O–H groups in total. The molecular formula is C44H70FN9O18. The van der Waals surface area contributed by atoms with Crippen molar-refractivity contribution in [2.75, 3.05) is 26.3 Å². The molecule has 0 spiro atoms. The Morgan fingerprint density at radius 3 is 1.54 bits per heavy atom. The highest BCUT2D eigenvalue weighted by atomic mass is 19.1. The van der Waals surface area contributed by atoms with Crippen LogP contribution in [0.3, 0.4) is 0 Å². The van der Waals surface area contributed by atoms with Gasteiger partial charge in [0.15, 0.2) is 30.1 Å². The van der Waals surface area contributed by atoms with Crippen molar-refractivity contribution in [2.24, 2.45) is 9.98 Å². The van der Waals surface area contributed by atoms with E-state index in [1.165, 1.54) is 0 Å². The summed E-state index contributed by atoms with van der Waals surface area (Å²) in [5, 5.41) is 13.5. The van der Waals surface area contributed by atoms with E-state index in [0.29, 0.717) is 0 Å². The van der Waals surface area contributed by atoms with Crippen molar-refractivity contribution < 1.29 is 90.1 Å². The van der Waals surface area contributed by atoms with Gasteiger partial charge in [0, 0.05) is 6.20 Å². The molecule has 3 unspecified atom stereocenters. The molecule has 6 atom stereocenters. The fraction of sp³-hybridized carbons (Fsp3) is 0.727. The van der Waals surface area contributed by atoms with Crippen LogP contribution in [0.25, 0.3) is 0 Å². The monoisotopic (exact) mass is 1030 g/mol. The third kappa shape index (κ3) is 22.3. The Labute approximate surface area is 416 Å². The molecule has 2 fully saturated rings. The molecule has 0 radical (unpaired) electrons. The van der Waals surface area contributed by atoms with E-state index in [4.69, 9.17) is 47.4 Å². The Morgan fingerprint density at radius 2 is 1.10 bits per heavy atom. The van der Waals surface area contributed by atoms with Crippen LogP contribution in [0.5, 0.6) is 0 Å². The number of carbonyl (C=O) groups excluding carboxylic acids is 8. The number of halogens is 1. The minimum absolute atomic E-state index is 0.381. The Hall–Kier alpha value is -6.55. The molecule has 406 valence electrons. The molecular weight excluding hydrogens is 962 g/mol. The van der Waals surface area contributed by atoms with Crippen molar-refractivity contribution in [3.63, 3.8) is 0 Å². The van der Waals surface area contributed by atoms with Gasteiger partial charge in [0.05, 0.1) is 32.0 Å². The summed E-state index contributed by atoms with van der Waals surface area (Å²) >= 11 is 0. The third-order valence-corrected chi connectivity index (χ3v) is 8.62. The van der Waals surface area contributed by atoms with Gasteiger partial charge >= 0.3 is 48.4 Å². The SMILES string of the molecule is C[C@H]1O[C@@H](N2C=C(F)C(NC(=O)OCC(COC(=O)CCN=C(NC(=O)OC(C)(C)C)NC(=O)OC(C)(C)C)OC(=O)CCN=C(NC(=O)OC(C)(C)C)NC(=O)OC(C)(C)C)NC2=O)C2OC(C)(C)O[C@H]21. The van der Waals surface area contributed by atoms with Gasteiger partial charge in [-0.3, -0.25) is 51.1 Å². The van der Waals surface area contributed by atoms with Gasteiger partial charge < -0.3 is 52.7 Å². The highest BCUT2D eigenvalue weighted by Gasteiger charge is 2.56. The maximum absolute atomic E-state index is 15.5. The van der Waals surface area contributed by atoms with E-state index in [2.05, 4.69) is 41.9 Å². The van der Waals surface area contributed by atoms with E-state index in [-0.39, 0.29) is 6.54 Å². The Bertz CT molecular complexity index is 2030. The van der Waals surface area contributed by atoms with E-state index in [1.807, 2.05) is 0 Å². The standard InChI is InChI=1S/C44H70FN9O18/c1-23-28-29(68-44(14,15)67-28)31(65-23)54-20-25(45)30(48-34(54)57)49-35(58)64-22-24(66-27(56)17-19-47-33(52-38(61)71-42(8,9)10)53-39(62)72-43(11,12)13)21-63-26(55)16-18-46-32(50-36(59)69-40(2,3)4)51-37(60)70-41(5,6)7/h20,23-24,28-31H,16-19,21-22H2,1-15H3,(H,48,57)(H,49,58)(H2,46,50,51,59,60)(H2,47,52,53,61,62)/t23-,24?,28+,29?,30?,31-/m1/s1. The lowest BCUT2D eigenvalue weighted by Gasteiger charge is -2.34. The van der Waals surface area contributed by atoms with Gasteiger partial charge in [0.25, 0.3) is 0 Å². The summed E-state index contributed by atoms with van der Waals surface area (Å²) < 4.78 is 69.8. The van der Waals surface area contributed by atoms with E-state index in [1.54, 1.807) is 104 Å². The molecule has 2 saturated heterocycles. The zero-order chi connectivity index (χ0) is 54.6. The highest BCUT2D eigenvalue weighted by Crippen LogP contribution is 2.40. The number of urea groups is 1. The van der Waals surface area contributed by atoms with Crippen molar-refractivity contribution in [1.82, 2.24) is 36.8 Å². The second-order valence-electron chi connectivity index (χ2n) is 20.6. The molecule has 3 aliphatic heterocycles. The largest absolute Gasteiger partial charge is 0.462 e. The quantitative estimate of drug-likeness (QED) is 0.0652. The first-order chi connectivity index (χ1) is 33.0. The highest BCUT2D eigenvalue weighted by molar-refractivity contribution is 6.02. The van der Waals surface area contributed by atoms with Gasteiger partial charge in [-0.05, 0) is 104 Å². The van der Waals surface area contributed by atoms with Crippen LogP contribution >= 0.6 is 0 Å². The summed E-state index contributed by atoms with van der Waals surface area (Å²) in [6.07, 6.45) is -11.5. The predicted molar refractivity (Wildman–Crippen MR) is 248 cm³/mol. The van der Waals surface area contributed by atoms with Crippen molar-refractivity contribution in [3.8, 4) is 0 Å². The summed E-state index contributed by atoms with van der Waals surface area (Å²) in [7, 11) is 0. The first-order valence-corrected chi connectivity index (χ1v) is 22.8. The second-order valence-corrected chi connectivity index (χ2v) is 20.6. The zero-order valence-electron chi connectivity index (χ0n) is 43.4. The zero-order valence-corrected chi connectivity index (χ0v) is 43.4. The molecule has 0 saturated carbocycles. The van der Waals surface area contributed by atoms with Crippen LogP contribution in [0.2, 0.25) is 0 Å². The molecule has 0 aliphatic carbocycles. The topological polar surface area (TPSA) is 329 Å². The van der Waals surface area contributed by atoms with E-state index in [9.17, 15) is 38.4 Å². The third-order valence-electron chi connectivity index (χ3n) is 8.62. The number of esters is 2. The molecule has 3 heterocycles. The van der Waals surface area contributed by atoms with Crippen LogP contribution in [-0.2, 0) is 57.0 Å². The number of hydrogen-bond donors (Lipinski definition) is 6. The summed E-state index contributed by atoms with van der Waals surface area (Å²) in [6, 6.07) is -0.863. The number of hydrogen-bond acceptors (Lipinski definition) is 20. The summed E-state index contributed by atoms with van der Waals surface area (Å²) in [6.45, 7) is 22.0. The lowest BCUT2D eigenvalue weighted by molar-refractivity contribution is -0.196. The Morgan fingerprint density at radius 1 is 0.681 bits per heavy atom. The van der Waals surface area contributed by atoms with Crippen molar-refractivity contribution in [2.45, 2.75) is 182 Å². The van der Waals surface area contributed by atoms with Gasteiger partial charge in [-0.1, -0.05) is 0 Å². The molecule has 27 nitrogen and oxygen atoms in total. The molecule has 3 rings (SSSR count). The minimum Gasteiger partial charge on any atom is -0.462 e. The van der Waals surface area contributed by atoms with E-state index >= 15 is 4.39 Å². The van der Waals surface area contributed by atoms with Crippen molar-refractivity contribution >= 4 is 60.4 Å². The summed E-state index contributed by atoms with van der Waals surface area (Å²) in [4.78, 5) is 111. The van der Waals surface area contributed by atoms with E-state index in [0.717, 1.165) is 11.1 Å². The van der Waals surface area contributed by atoms with Gasteiger partial charge in [-0.2, -0.15) is 0 Å². The molecule has 0 aromatic rings. The van der Waals surface area contributed by atoms with Crippen LogP contribution in [0.1, 0.15) is 117 Å². The normalized spacial score (nSPS) is 20.9. The number of nitrogens with one attached hydrogen (secondary N) is 6. The summed E-state index contributed by atoms with van der Waals surface area (Å²) in [5.41, 5.74) is -3.70. The number of guanidine groups is 2. The lowest BCUT2D eigenvalue weighted by atomic mass is 10.1. The molecule has 7 amide bonds. The van der Waals surface area contributed by atoms with Crippen molar-refractivity contribution in [1.29, 1.82) is 0 Å². The molecule has 3 aliphatic rings. The van der Waals surface area contributed by atoms with Gasteiger partial charge in [0.2, 0.25) is 11.9 Å². The van der Waals surface area contributed by atoms with Crippen LogP contribution in [0.4, 0.5) is 33.2 Å². The maximum Gasteiger partial charge on any atom is 0.414 e. The smallest absolute Gasteiger partial charge is 0.414 e. The van der Waals surface area contributed by atoms with Gasteiger partial charge in [0.1, 0.15) is 47.8 Å². The minimum atomic E-state index is -1.72. The number of ether oxygens (including phenoxy) is 10. The van der Waals surface area contributed by atoms with Crippen LogP contribution < -0.4 is 31.9 Å². The number of fused-ring (bicyclic) bond motifs is 1. The summed E-state index contributed by atoms with van der Waals surface area (Å²) in [5.74, 6) is -4.83. The van der Waals surface area contributed by atoms with Crippen LogP contribution in [-0.4, -0.2) is 157 Å². The Balaban J connectivity index is 1.74. The molecule has 72 heavy (non-hydrogen) atoms. The van der Waals surface area contributed by atoms with Gasteiger partial charge in [-0.15, -0.1) is 0 Å². The molecule has 0 aromatic carbocycles. The van der Waals surface area contributed by atoms with Crippen LogP contribution in [0.15, 0.2) is 22.0 Å². The second kappa shape index (κ2) is 24.7. The number of rotatable bonds is 13. The number of carbonyl (C=O) groups is 8. The fourth-order valence-electron chi connectivity index (χ4n) is 6.11.